The van der Waals surface area contributed by atoms with Crippen LogP contribution in [0.3, 0.4) is 0 Å². The van der Waals surface area contributed by atoms with Gasteiger partial charge >= 0.3 is 0 Å². The SMILES string of the molecule is COc1cc(N(C)S(=O)(=O)c2ccc(F)cc2F)cc2c1NC(=O)C21CCC1. The highest BCUT2D eigenvalue weighted by atomic mass is 32.2. The largest absolute Gasteiger partial charge is 0.494 e. The van der Waals surface area contributed by atoms with E-state index in [2.05, 4.69) is 5.32 Å². The summed E-state index contributed by atoms with van der Waals surface area (Å²) in [6, 6.07) is 5.39. The maximum Gasteiger partial charge on any atom is 0.266 e. The Balaban J connectivity index is 1.83. The first-order valence-electron chi connectivity index (χ1n) is 8.69. The zero-order valence-corrected chi connectivity index (χ0v) is 16.1. The number of amides is 1. The third-order valence-corrected chi connectivity index (χ3v) is 7.42. The predicted molar refractivity (Wildman–Crippen MR) is 99.1 cm³/mol. The highest BCUT2D eigenvalue weighted by molar-refractivity contribution is 7.92. The first kappa shape index (κ1) is 18.7. The van der Waals surface area contributed by atoms with Gasteiger partial charge < -0.3 is 10.1 Å². The molecule has 1 amide bonds. The predicted octanol–water partition coefficient (Wildman–Crippen LogP) is 3.17. The van der Waals surface area contributed by atoms with E-state index >= 15 is 0 Å². The maximum atomic E-state index is 14.1. The van der Waals surface area contributed by atoms with Crippen molar-refractivity contribution in [2.45, 2.75) is 29.6 Å². The molecule has 0 atom stereocenters. The van der Waals surface area contributed by atoms with Crippen molar-refractivity contribution >= 4 is 27.3 Å². The number of ether oxygens (including phenoxy) is 1. The Morgan fingerprint density at radius 2 is 1.89 bits per heavy atom. The molecule has 2 aromatic rings. The second-order valence-electron chi connectivity index (χ2n) is 7.01. The van der Waals surface area contributed by atoms with Crippen LogP contribution in [0.1, 0.15) is 24.8 Å². The smallest absolute Gasteiger partial charge is 0.266 e. The molecule has 28 heavy (non-hydrogen) atoms. The van der Waals surface area contributed by atoms with Gasteiger partial charge in [-0.2, -0.15) is 0 Å². The van der Waals surface area contributed by atoms with E-state index in [9.17, 15) is 22.0 Å². The van der Waals surface area contributed by atoms with Gasteiger partial charge in [0.2, 0.25) is 5.91 Å². The first-order valence-corrected chi connectivity index (χ1v) is 10.1. The van der Waals surface area contributed by atoms with Gasteiger partial charge in [0, 0.05) is 19.2 Å². The second-order valence-corrected chi connectivity index (χ2v) is 8.95. The van der Waals surface area contributed by atoms with Crippen LogP contribution < -0.4 is 14.4 Å². The first-order chi connectivity index (χ1) is 13.2. The van der Waals surface area contributed by atoms with E-state index in [-0.39, 0.29) is 11.6 Å². The Morgan fingerprint density at radius 3 is 2.46 bits per heavy atom. The van der Waals surface area contributed by atoms with Crippen LogP contribution >= 0.6 is 0 Å². The van der Waals surface area contributed by atoms with Gasteiger partial charge in [-0.15, -0.1) is 0 Å². The molecule has 0 aromatic heterocycles. The Morgan fingerprint density at radius 1 is 1.18 bits per heavy atom. The van der Waals surface area contributed by atoms with Gasteiger partial charge in [-0.1, -0.05) is 6.42 Å². The molecule has 1 spiro atoms. The van der Waals surface area contributed by atoms with Crippen LogP contribution in [0.2, 0.25) is 0 Å². The molecule has 0 unspecified atom stereocenters. The molecule has 1 heterocycles. The molecule has 2 aromatic carbocycles. The monoisotopic (exact) mass is 408 g/mol. The van der Waals surface area contributed by atoms with Gasteiger partial charge in [-0.3, -0.25) is 9.10 Å². The lowest BCUT2D eigenvalue weighted by atomic mass is 9.65. The van der Waals surface area contributed by atoms with Gasteiger partial charge in [-0.25, -0.2) is 17.2 Å². The van der Waals surface area contributed by atoms with Crippen molar-refractivity contribution in [2.24, 2.45) is 0 Å². The Kier molecular flexibility index (Phi) is 4.11. The fraction of sp³-hybridized carbons (Fsp3) is 0.316. The topological polar surface area (TPSA) is 75.7 Å². The van der Waals surface area contributed by atoms with E-state index in [1.54, 1.807) is 6.07 Å². The molecule has 1 saturated carbocycles. The highest BCUT2D eigenvalue weighted by Gasteiger charge is 2.52. The summed E-state index contributed by atoms with van der Waals surface area (Å²) in [7, 11) is -1.59. The molecule has 0 bridgehead atoms. The molecule has 2 aliphatic rings. The molecule has 6 nitrogen and oxygen atoms in total. The molecule has 9 heteroatoms. The molecular formula is C19H18F2N2O4S. The van der Waals surface area contributed by atoms with Gasteiger partial charge in [0.05, 0.1) is 23.9 Å². The zero-order chi connectivity index (χ0) is 20.3. The third kappa shape index (κ3) is 2.49. The highest BCUT2D eigenvalue weighted by Crippen LogP contribution is 2.54. The molecule has 1 aliphatic heterocycles. The lowest BCUT2D eigenvalue weighted by Crippen LogP contribution is -2.40. The van der Waals surface area contributed by atoms with Crippen LogP contribution in [0.4, 0.5) is 20.2 Å². The summed E-state index contributed by atoms with van der Waals surface area (Å²) >= 11 is 0. The van der Waals surface area contributed by atoms with Gasteiger partial charge in [0.1, 0.15) is 22.3 Å². The van der Waals surface area contributed by atoms with Crippen LogP contribution in [0, 0.1) is 11.6 Å². The zero-order valence-electron chi connectivity index (χ0n) is 15.3. The normalized spacial score (nSPS) is 17.1. The summed E-state index contributed by atoms with van der Waals surface area (Å²) in [5.41, 5.74) is 0.765. The number of methoxy groups -OCH3 is 1. The molecule has 0 radical (unpaired) electrons. The Hall–Kier alpha value is -2.68. The van der Waals surface area contributed by atoms with E-state index in [4.69, 9.17) is 4.74 Å². The van der Waals surface area contributed by atoms with Crippen LogP contribution in [-0.2, 0) is 20.2 Å². The average molecular weight is 408 g/mol. The number of sulfonamides is 1. The second kappa shape index (κ2) is 6.16. The van der Waals surface area contributed by atoms with Crippen molar-refractivity contribution in [1.29, 1.82) is 0 Å². The van der Waals surface area contributed by atoms with Crippen molar-refractivity contribution in [3.63, 3.8) is 0 Å². The fourth-order valence-electron chi connectivity index (χ4n) is 3.80. The number of hydrogen-bond acceptors (Lipinski definition) is 4. The molecule has 1 N–H and O–H groups in total. The van der Waals surface area contributed by atoms with Crippen molar-refractivity contribution in [2.75, 3.05) is 23.8 Å². The van der Waals surface area contributed by atoms with Gasteiger partial charge in [0.25, 0.3) is 10.0 Å². The summed E-state index contributed by atoms with van der Waals surface area (Å²) < 4.78 is 59.4. The number of nitrogens with zero attached hydrogens (tertiary/aromatic N) is 1. The molecular weight excluding hydrogens is 390 g/mol. The maximum absolute atomic E-state index is 14.1. The number of hydrogen-bond donors (Lipinski definition) is 1. The van der Waals surface area contributed by atoms with Crippen molar-refractivity contribution in [3.05, 3.63) is 47.5 Å². The average Bonchev–Trinajstić information content (AvgIpc) is 2.91. The summed E-state index contributed by atoms with van der Waals surface area (Å²) in [6.45, 7) is 0. The standard InChI is InChI=1S/C19H18F2N2O4S/c1-23(28(25,26)16-5-4-11(20)8-14(16)21)12-9-13-17(15(10-12)27-2)22-18(24)19(13)6-3-7-19/h4-5,8-10H,3,6-7H2,1-2H3,(H,22,24). The quantitative estimate of drug-likeness (QED) is 0.843. The summed E-state index contributed by atoms with van der Waals surface area (Å²) in [5, 5.41) is 2.83. The van der Waals surface area contributed by atoms with Crippen LogP contribution in [0.5, 0.6) is 5.75 Å². The number of halogens is 2. The van der Waals surface area contributed by atoms with Crippen molar-refractivity contribution < 1.29 is 26.7 Å². The van der Waals surface area contributed by atoms with E-state index in [1.807, 2.05) is 0 Å². The van der Waals surface area contributed by atoms with Crippen LogP contribution in [0.25, 0.3) is 0 Å². The van der Waals surface area contributed by atoms with Gasteiger partial charge in [0.15, 0.2) is 0 Å². The molecule has 0 saturated heterocycles. The number of carbonyl (C=O) groups excluding carboxylic acids is 1. The third-order valence-electron chi connectivity index (χ3n) is 5.60. The van der Waals surface area contributed by atoms with Crippen LogP contribution in [0.15, 0.2) is 35.2 Å². The fourth-order valence-corrected chi connectivity index (χ4v) is 5.03. The van der Waals surface area contributed by atoms with Crippen molar-refractivity contribution in [1.82, 2.24) is 0 Å². The molecule has 4 rings (SSSR count). The minimum atomic E-state index is -4.29. The Labute approximate surface area is 161 Å². The van der Waals surface area contributed by atoms with E-state index in [0.717, 1.165) is 22.9 Å². The van der Waals surface area contributed by atoms with Gasteiger partial charge in [-0.05, 0) is 36.6 Å². The van der Waals surface area contributed by atoms with E-state index in [0.29, 0.717) is 35.9 Å². The minimum absolute atomic E-state index is 0.126. The number of rotatable bonds is 4. The van der Waals surface area contributed by atoms with Crippen molar-refractivity contribution in [3.8, 4) is 5.75 Å². The number of nitrogens with one attached hydrogen (secondary N) is 1. The molecule has 1 aliphatic carbocycles. The lowest BCUT2D eigenvalue weighted by Gasteiger charge is -2.36. The minimum Gasteiger partial charge on any atom is -0.494 e. The molecule has 1 fully saturated rings. The number of benzene rings is 2. The number of anilines is 2. The van der Waals surface area contributed by atoms with E-state index in [1.165, 1.54) is 20.2 Å². The number of fused-ring (bicyclic) bond motifs is 2. The summed E-state index contributed by atoms with van der Waals surface area (Å²) in [6.07, 6.45) is 2.23. The Bertz CT molecular complexity index is 1100. The summed E-state index contributed by atoms with van der Waals surface area (Å²) in [4.78, 5) is 11.9. The lowest BCUT2D eigenvalue weighted by molar-refractivity contribution is -0.123. The van der Waals surface area contributed by atoms with E-state index < -0.39 is 32.0 Å². The number of carbonyl (C=O) groups is 1. The van der Waals surface area contributed by atoms with Crippen LogP contribution in [-0.4, -0.2) is 28.5 Å². The molecule has 148 valence electrons. The summed E-state index contributed by atoms with van der Waals surface area (Å²) in [5.74, 6) is -1.84.